The molecular weight excluding hydrogens is 270 g/mol. The maximum absolute atomic E-state index is 11.4. The monoisotopic (exact) mass is 287 g/mol. The van der Waals surface area contributed by atoms with Crippen molar-refractivity contribution in [1.29, 1.82) is 0 Å². The molecule has 4 nitrogen and oxygen atoms in total. The fraction of sp³-hybridized carbons (Fsp3) is 1.00. The van der Waals surface area contributed by atoms with Gasteiger partial charge >= 0.3 is 0 Å². The predicted octanol–water partition coefficient (Wildman–Crippen LogP) is 1.12. The SMILES string of the molecule is COCCS(=O)(=O)CCC(C)(C)NBr. The standard InChI is InChI=1S/C8H18BrNO3S/c1-8(2,10-9)4-6-14(11,12)7-5-13-3/h10H,4-7H2,1-3H3. The van der Waals surface area contributed by atoms with Gasteiger partial charge < -0.3 is 4.74 Å². The van der Waals surface area contributed by atoms with Crippen LogP contribution in [0.15, 0.2) is 0 Å². The van der Waals surface area contributed by atoms with Crippen molar-refractivity contribution in [2.24, 2.45) is 0 Å². The van der Waals surface area contributed by atoms with Crippen molar-refractivity contribution in [3.05, 3.63) is 0 Å². The zero-order valence-electron chi connectivity index (χ0n) is 8.84. The van der Waals surface area contributed by atoms with E-state index in [0.29, 0.717) is 6.42 Å². The first-order valence-electron chi connectivity index (χ1n) is 4.40. The Labute approximate surface area is 94.7 Å². The fourth-order valence-corrected chi connectivity index (χ4v) is 2.41. The van der Waals surface area contributed by atoms with Gasteiger partial charge in [0, 0.05) is 28.8 Å². The van der Waals surface area contributed by atoms with E-state index in [2.05, 4.69) is 20.5 Å². The number of hydrogen-bond acceptors (Lipinski definition) is 4. The molecule has 0 heterocycles. The van der Waals surface area contributed by atoms with Crippen molar-refractivity contribution in [1.82, 2.24) is 4.34 Å². The molecule has 0 atom stereocenters. The summed E-state index contributed by atoms with van der Waals surface area (Å²) in [5.74, 6) is 0.282. The number of nitrogens with one attached hydrogen (secondary N) is 1. The molecule has 0 aliphatic rings. The van der Waals surface area contributed by atoms with Gasteiger partial charge in [-0.15, -0.1) is 0 Å². The molecule has 6 heteroatoms. The highest BCUT2D eigenvalue weighted by molar-refractivity contribution is 9.08. The van der Waals surface area contributed by atoms with E-state index in [4.69, 9.17) is 4.74 Å². The topological polar surface area (TPSA) is 55.4 Å². The molecule has 0 spiro atoms. The smallest absolute Gasteiger partial charge is 0.152 e. The lowest BCUT2D eigenvalue weighted by Crippen LogP contribution is -2.34. The minimum atomic E-state index is -2.97. The highest BCUT2D eigenvalue weighted by atomic mass is 79.9. The van der Waals surface area contributed by atoms with Crippen LogP contribution in [0.3, 0.4) is 0 Å². The largest absolute Gasteiger partial charge is 0.384 e. The van der Waals surface area contributed by atoms with Crippen LogP contribution in [-0.2, 0) is 14.6 Å². The van der Waals surface area contributed by atoms with Gasteiger partial charge in [0.2, 0.25) is 0 Å². The summed E-state index contributed by atoms with van der Waals surface area (Å²) >= 11 is 3.12. The maximum Gasteiger partial charge on any atom is 0.152 e. The molecule has 0 saturated heterocycles. The minimum absolute atomic E-state index is 0.0991. The summed E-state index contributed by atoms with van der Waals surface area (Å²) in [6.07, 6.45) is 0.574. The summed E-state index contributed by atoms with van der Waals surface area (Å²) in [7, 11) is -1.47. The molecule has 0 fully saturated rings. The first-order valence-corrected chi connectivity index (χ1v) is 7.01. The molecule has 0 saturated carbocycles. The molecule has 14 heavy (non-hydrogen) atoms. The molecule has 0 aromatic heterocycles. The van der Waals surface area contributed by atoms with Crippen molar-refractivity contribution >= 4 is 26.0 Å². The number of methoxy groups -OCH3 is 1. The van der Waals surface area contributed by atoms with E-state index in [9.17, 15) is 8.42 Å². The van der Waals surface area contributed by atoms with Gasteiger partial charge in [0.25, 0.3) is 0 Å². The van der Waals surface area contributed by atoms with Crippen LogP contribution in [0.1, 0.15) is 20.3 Å². The van der Waals surface area contributed by atoms with E-state index < -0.39 is 9.84 Å². The van der Waals surface area contributed by atoms with E-state index in [1.807, 2.05) is 13.8 Å². The Balaban J connectivity index is 4.00. The fourth-order valence-electron chi connectivity index (χ4n) is 0.770. The Hall–Kier alpha value is 0.350. The van der Waals surface area contributed by atoms with Crippen LogP contribution in [0.2, 0.25) is 0 Å². The lowest BCUT2D eigenvalue weighted by molar-refractivity contribution is 0.217. The zero-order valence-corrected chi connectivity index (χ0v) is 11.2. The summed E-state index contributed by atoms with van der Waals surface area (Å²) < 4.78 is 30.5. The van der Waals surface area contributed by atoms with Gasteiger partial charge in [-0.2, -0.15) is 0 Å². The second-order valence-electron chi connectivity index (χ2n) is 3.87. The van der Waals surface area contributed by atoms with Crippen molar-refractivity contribution in [2.45, 2.75) is 25.8 Å². The van der Waals surface area contributed by atoms with Crippen LogP contribution in [0.25, 0.3) is 0 Å². The molecule has 0 aromatic carbocycles. The minimum Gasteiger partial charge on any atom is -0.384 e. The molecule has 0 aromatic rings. The molecular formula is C8H18BrNO3S. The lowest BCUT2D eigenvalue weighted by atomic mass is 10.0. The molecule has 86 valence electrons. The highest BCUT2D eigenvalue weighted by Crippen LogP contribution is 2.11. The third kappa shape index (κ3) is 6.75. The van der Waals surface area contributed by atoms with Crippen LogP contribution >= 0.6 is 16.1 Å². The number of rotatable bonds is 7. The summed E-state index contributed by atoms with van der Waals surface area (Å²) in [4.78, 5) is 0. The Morgan fingerprint density at radius 1 is 1.36 bits per heavy atom. The Bertz CT molecular complexity index is 251. The van der Waals surface area contributed by atoms with Gasteiger partial charge in [0.05, 0.1) is 18.1 Å². The predicted molar refractivity (Wildman–Crippen MR) is 61.3 cm³/mol. The van der Waals surface area contributed by atoms with Gasteiger partial charge in [-0.25, -0.2) is 8.42 Å². The van der Waals surface area contributed by atoms with E-state index >= 15 is 0 Å². The van der Waals surface area contributed by atoms with E-state index in [1.54, 1.807) is 0 Å². The van der Waals surface area contributed by atoms with E-state index in [-0.39, 0.29) is 23.7 Å². The normalized spacial score (nSPS) is 13.1. The second-order valence-corrected chi connectivity index (χ2v) is 6.57. The molecule has 1 N–H and O–H groups in total. The molecule has 0 aliphatic heterocycles. The third-order valence-electron chi connectivity index (χ3n) is 1.89. The van der Waals surface area contributed by atoms with Gasteiger partial charge in [-0.1, -0.05) is 0 Å². The van der Waals surface area contributed by atoms with Gasteiger partial charge in [-0.05, 0) is 20.3 Å². The summed E-state index contributed by atoms with van der Waals surface area (Å²) in [6, 6.07) is 0. The first-order chi connectivity index (χ1) is 6.33. The van der Waals surface area contributed by atoms with Crippen molar-refractivity contribution < 1.29 is 13.2 Å². The number of halogens is 1. The second kappa shape index (κ2) is 6.05. The van der Waals surface area contributed by atoms with Crippen molar-refractivity contribution in [2.75, 3.05) is 25.2 Å². The summed E-state index contributed by atoms with van der Waals surface area (Å²) in [5.41, 5.74) is -0.208. The molecule has 0 rings (SSSR count). The lowest BCUT2D eigenvalue weighted by Gasteiger charge is -2.21. The van der Waals surface area contributed by atoms with E-state index in [0.717, 1.165) is 0 Å². The summed E-state index contributed by atoms with van der Waals surface area (Å²) in [6.45, 7) is 4.14. The van der Waals surface area contributed by atoms with Crippen LogP contribution < -0.4 is 4.34 Å². The average molecular weight is 288 g/mol. The summed E-state index contributed by atoms with van der Waals surface area (Å²) in [5, 5.41) is 0. The van der Waals surface area contributed by atoms with Gasteiger partial charge in [0.15, 0.2) is 9.84 Å². The van der Waals surface area contributed by atoms with E-state index in [1.165, 1.54) is 7.11 Å². The number of ether oxygens (including phenoxy) is 1. The molecule has 0 aliphatic carbocycles. The van der Waals surface area contributed by atoms with Crippen LogP contribution in [0.5, 0.6) is 0 Å². The Morgan fingerprint density at radius 2 is 1.93 bits per heavy atom. The number of sulfone groups is 1. The zero-order chi connectivity index (χ0) is 11.2. The molecule has 0 radical (unpaired) electrons. The maximum atomic E-state index is 11.4. The van der Waals surface area contributed by atoms with Crippen LogP contribution in [-0.4, -0.2) is 39.2 Å². The Kier molecular flexibility index (Phi) is 6.20. The van der Waals surface area contributed by atoms with Crippen molar-refractivity contribution in [3.63, 3.8) is 0 Å². The molecule has 0 bridgehead atoms. The molecule has 0 unspecified atom stereocenters. The quantitative estimate of drug-likeness (QED) is 0.713. The van der Waals surface area contributed by atoms with Gasteiger partial charge in [0.1, 0.15) is 0 Å². The first kappa shape index (κ1) is 14.3. The van der Waals surface area contributed by atoms with Crippen LogP contribution in [0.4, 0.5) is 0 Å². The van der Waals surface area contributed by atoms with Crippen molar-refractivity contribution in [3.8, 4) is 0 Å². The highest BCUT2D eigenvalue weighted by Gasteiger charge is 2.20. The van der Waals surface area contributed by atoms with Crippen LogP contribution in [0, 0.1) is 0 Å². The third-order valence-corrected chi connectivity index (χ3v) is 4.58. The van der Waals surface area contributed by atoms with Gasteiger partial charge in [-0.3, -0.25) is 4.34 Å². The molecule has 0 amide bonds. The Morgan fingerprint density at radius 3 is 2.36 bits per heavy atom. The average Bonchev–Trinajstić information content (AvgIpc) is 2.12. The number of hydrogen-bond donors (Lipinski definition) is 1.